The number of carbonyl (C=O) groups is 1. The van der Waals surface area contributed by atoms with Crippen molar-refractivity contribution < 1.29 is 4.79 Å². The monoisotopic (exact) mass is 422 g/mol. The van der Waals surface area contributed by atoms with Gasteiger partial charge in [-0.1, -0.05) is 42.5 Å². The van der Waals surface area contributed by atoms with E-state index in [0.29, 0.717) is 19.0 Å². The second-order valence-electron chi connectivity index (χ2n) is 7.05. The van der Waals surface area contributed by atoms with Gasteiger partial charge < -0.3 is 15.6 Å². The average Bonchev–Trinajstić information content (AvgIpc) is 3.00. The second-order valence-corrected chi connectivity index (χ2v) is 7.05. The third-order valence-corrected chi connectivity index (χ3v) is 4.66. The fourth-order valence-corrected chi connectivity index (χ4v) is 3.23. The first kappa shape index (κ1) is 24.0. The van der Waals surface area contributed by atoms with Crippen LogP contribution in [0, 0.1) is 0 Å². The molecule has 1 unspecified atom stereocenters. The lowest BCUT2D eigenvalue weighted by Crippen LogP contribution is -2.49. The van der Waals surface area contributed by atoms with Crippen LogP contribution in [0.5, 0.6) is 0 Å². The van der Waals surface area contributed by atoms with Crippen molar-refractivity contribution in [3.05, 3.63) is 66.0 Å². The predicted octanol–water partition coefficient (Wildman–Crippen LogP) is 3.99. The smallest absolute Gasteiger partial charge is 0.244 e. The summed E-state index contributed by atoms with van der Waals surface area (Å²) in [6, 6.07) is 17.8. The number of benzene rings is 2. The molecule has 3 N–H and O–H groups in total. The van der Waals surface area contributed by atoms with Crippen LogP contribution in [0.2, 0.25) is 0 Å². The Balaban J connectivity index is 0.00000196. The minimum atomic E-state index is -1.06. The van der Waals surface area contributed by atoms with Gasteiger partial charge in [0.1, 0.15) is 11.4 Å². The number of amides is 1. The Labute approximate surface area is 178 Å². The highest BCUT2D eigenvalue weighted by molar-refractivity contribution is 5.87. The van der Waals surface area contributed by atoms with E-state index in [1.165, 1.54) is 0 Å². The van der Waals surface area contributed by atoms with Gasteiger partial charge in [0.25, 0.3) is 0 Å². The Morgan fingerprint density at radius 2 is 1.71 bits per heavy atom. The van der Waals surface area contributed by atoms with E-state index in [-0.39, 0.29) is 30.7 Å². The fourth-order valence-electron chi connectivity index (χ4n) is 3.23. The van der Waals surface area contributed by atoms with Crippen molar-refractivity contribution in [2.45, 2.75) is 38.8 Å². The third kappa shape index (κ3) is 4.85. The largest absolute Gasteiger partial charge is 0.354 e. The molecule has 0 spiro atoms. The minimum absolute atomic E-state index is 0. The lowest BCUT2D eigenvalue weighted by Gasteiger charge is -2.24. The Morgan fingerprint density at radius 3 is 2.36 bits per heavy atom. The molecular weight excluding hydrogens is 395 g/mol. The van der Waals surface area contributed by atoms with Crippen LogP contribution in [0.4, 0.5) is 0 Å². The first-order valence-corrected chi connectivity index (χ1v) is 9.00. The molecule has 3 rings (SSSR count). The maximum Gasteiger partial charge on any atom is 0.244 e. The number of fused-ring (bicyclic) bond motifs is 1. The number of nitrogens with zero attached hydrogens (tertiary/aromatic N) is 2. The molecule has 1 heterocycles. The van der Waals surface area contributed by atoms with Gasteiger partial charge >= 0.3 is 0 Å². The summed E-state index contributed by atoms with van der Waals surface area (Å²) in [5.74, 6) is 0.788. The zero-order chi connectivity index (χ0) is 18.7. The Bertz CT molecular complexity index is 907. The Kier molecular flexibility index (Phi) is 8.48. The van der Waals surface area contributed by atoms with Gasteiger partial charge in [0.05, 0.1) is 11.0 Å². The van der Waals surface area contributed by atoms with Crippen LogP contribution in [0.25, 0.3) is 11.0 Å². The SMILES string of the molecule is CC(C)n1c(CCNC(=O)C(C)(N)c2ccccc2)nc2ccccc21.Cl.Cl. The van der Waals surface area contributed by atoms with Gasteiger partial charge in [0.15, 0.2) is 0 Å². The van der Waals surface area contributed by atoms with Crippen LogP contribution >= 0.6 is 24.8 Å². The fraction of sp³-hybridized carbons (Fsp3) is 0.333. The van der Waals surface area contributed by atoms with Gasteiger partial charge in [0.2, 0.25) is 5.91 Å². The molecule has 1 atom stereocenters. The molecule has 0 aliphatic heterocycles. The number of hydrogen-bond donors (Lipinski definition) is 2. The maximum atomic E-state index is 12.6. The summed E-state index contributed by atoms with van der Waals surface area (Å²) in [6.45, 7) is 6.51. The molecule has 1 aromatic heterocycles. The molecule has 0 saturated carbocycles. The van der Waals surface area contributed by atoms with Crippen LogP contribution in [-0.4, -0.2) is 22.0 Å². The number of aromatic nitrogens is 2. The third-order valence-electron chi connectivity index (χ3n) is 4.66. The quantitative estimate of drug-likeness (QED) is 0.630. The highest BCUT2D eigenvalue weighted by Gasteiger charge is 2.30. The van der Waals surface area contributed by atoms with E-state index in [0.717, 1.165) is 22.4 Å². The van der Waals surface area contributed by atoms with E-state index in [1.54, 1.807) is 6.92 Å². The van der Waals surface area contributed by atoms with Crippen molar-refractivity contribution in [2.24, 2.45) is 5.73 Å². The van der Waals surface area contributed by atoms with Gasteiger partial charge in [-0.15, -0.1) is 24.8 Å². The number of hydrogen-bond acceptors (Lipinski definition) is 3. The van der Waals surface area contributed by atoms with E-state index < -0.39 is 5.54 Å². The van der Waals surface area contributed by atoms with E-state index in [4.69, 9.17) is 10.7 Å². The first-order chi connectivity index (χ1) is 12.4. The molecule has 152 valence electrons. The zero-order valence-corrected chi connectivity index (χ0v) is 18.0. The molecule has 3 aromatic rings. The summed E-state index contributed by atoms with van der Waals surface area (Å²) in [4.78, 5) is 17.3. The Morgan fingerprint density at radius 1 is 1.11 bits per heavy atom. The predicted molar refractivity (Wildman–Crippen MR) is 119 cm³/mol. The van der Waals surface area contributed by atoms with E-state index >= 15 is 0 Å². The van der Waals surface area contributed by atoms with Crippen molar-refractivity contribution in [1.29, 1.82) is 0 Å². The number of rotatable bonds is 6. The van der Waals surface area contributed by atoms with Crippen LogP contribution < -0.4 is 11.1 Å². The molecule has 5 nitrogen and oxygen atoms in total. The molecular formula is C21H28Cl2N4O. The summed E-state index contributed by atoms with van der Waals surface area (Å²) < 4.78 is 2.22. The van der Waals surface area contributed by atoms with Gasteiger partial charge in [-0.05, 0) is 38.5 Å². The normalized spacial score (nSPS) is 12.8. The van der Waals surface area contributed by atoms with Crippen molar-refractivity contribution in [3.8, 4) is 0 Å². The Hall–Kier alpha value is -2.08. The molecule has 0 saturated heterocycles. The van der Waals surface area contributed by atoms with Crippen LogP contribution in [0.15, 0.2) is 54.6 Å². The molecule has 0 aliphatic rings. The summed E-state index contributed by atoms with van der Waals surface area (Å²) in [7, 11) is 0. The highest BCUT2D eigenvalue weighted by Crippen LogP contribution is 2.21. The highest BCUT2D eigenvalue weighted by atomic mass is 35.5. The number of nitrogens with one attached hydrogen (secondary N) is 1. The second kappa shape index (κ2) is 9.92. The number of imidazole rings is 1. The van der Waals surface area contributed by atoms with Crippen molar-refractivity contribution in [1.82, 2.24) is 14.9 Å². The lowest BCUT2D eigenvalue weighted by atomic mass is 9.92. The lowest BCUT2D eigenvalue weighted by molar-refractivity contribution is -0.126. The molecule has 28 heavy (non-hydrogen) atoms. The average molecular weight is 423 g/mol. The summed E-state index contributed by atoms with van der Waals surface area (Å²) in [5.41, 5.74) is 8.11. The molecule has 7 heteroatoms. The van der Waals surface area contributed by atoms with Gasteiger partial charge in [-0.25, -0.2) is 4.98 Å². The molecule has 0 bridgehead atoms. The van der Waals surface area contributed by atoms with Gasteiger partial charge in [-0.3, -0.25) is 4.79 Å². The van der Waals surface area contributed by atoms with Gasteiger partial charge in [-0.2, -0.15) is 0 Å². The summed E-state index contributed by atoms with van der Waals surface area (Å²) >= 11 is 0. The van der Waals surface area contributed by atoms with E-state index in [9.17, 15) is 4.79 Å². The minimum Gasteiger partial charge on any atom is -0.354 e. The van der Waals surface area contributed by atoms with Crippen molar-refractivity contribution >= 4 is 41.8 Å². The zero-order valence-electron chi connectivity index (χ0n) is 16.4. The number of halogens is 2. The number of nitrogens with two attached hydrogens (primary N) is 1. The van der Waals surface area contributed by atoms with Crippen molar-refractivity contribution in [2.75, 3.05) is 6.54 Å². The van der Waals surface area contributed by atoms with E-state index in [2.05, 4.69) is 29.8 Å². The van der Waals surface area contributed by atoms with E-state index in [1.807, 2.05) is 48.5 Å². The molecule has 1 amide bonds. The first-order valence-electron chi connectivity index (χ1n) is 9.00. The molecule has 0 aliphatic carbocycles. The topological polar surface area (TPSA) is 72.9 Å². The van der Waals surface area contributed by atoms with Crippen LogP contribution in [0.1, 0.15) is 38.2 Å². The van der Waals surface area contributed by atoms with Crippen LogP contribution in [-0.2, 0) is 16.8 Å². The molecule has 0 radical (unpaired) electrons. The maximum absolute atomic E-state index is 12.6. The molecule has 2 aromatic carbocycles. The number of carbonyl (C=O) groups excluding carboxylic acids is 1. The van der Waals surface area contributed by atoms with Crippen molar-refractivity contribution in [3.63, 3.8) is 0 Å². The summed E-state index contributed by atoms with van der Waals surface area (Å²) in [6.07, 6.45) is 0.656. The number of para-hydroxylation sites is 2. The molecule has 0 fully saturated rings. The van der Waals surface area contributed by atoms with Crippen LogP contribution in [0.3, 0.4) is 0 Å². The standard InChI is InChI=1S/C21H26N4O.2ClH/c1-15(2)25-18-12-8-7-11-17(18)24-19(25)13-14-23-20(26)21(3,22)16-9-5-4-6-10-16;;/h4-12,15H,13-14,22H2,1-3H3,(H,23,26);2*1H. The van der Waals surface area contributed by atoms with Gasteiger partial charge in [0, 0.05) is 19.0 Å². The summed E-state index contributed by atoms with van der Waals surface area (Å²) in [5, 5.41) is 2.96.